The van der Waals surface area contributed by atoms with Crippen molar-refractivity contribution in [2.75, 3.05) is 20.2 Å². The van der Waals surface area contributed by atoms with Crippen LogP contribution >= 0.6 is 0 Å². The van der Waals surface area contributed by atoms with Crippen LogP contribution in [0.2, 0.25) is 0 Å². The predicted molar refractivity (Wildman–Crippen MR) is 114 cm³/mol. The number of aromatic nitrogens is 2. The Morgan fingerprint density at radius 2 is 2.00 bits per heavy atom. The number of non-ortho nitro benzene ring substituents is 1. The van der Waals surface area contributed by atoms with E-state index in [1.165, 1.54) is 18.2 Å². The summed E-state index contributed by atoms with van der Waals surface area (Å²) >= 11 is 0. The number of amides is 1. The molecule has 0 fully saturated rings. The molecule has 162 valence electrons. The molecule has 0 aliphatic carbocycles. The van der Waals surface area contributed by atoms with E-state index in [0.29, 0.717) is 37.0 Å². The van der Waals surface area contributed by atoms with Gasteiger partial charge in [0.1, 0.15) is 5.75 Å². The first kappa shape index (κ1) is 21.9. The van der Waals surface area contributed by atoms with Crippen molar-refractivity contribution in [1.82, 2.24) is 15.0 Å². The summed E-state index contributed by atoms with van der Waals surface area (Å²) in [6.07, 6.45) is 0.365. The Kier molecular flexibility index (Phi) is 6.96. The van der Waals surface area contributed by atoms with Gasteiger partial charge in [-0.3, -0.25) is 14.9 Å². The minimum Gasteiger partial charge on any atom is -0.497 e. The minimum absolute atomic E-state index is 0.116. The lowest BCUT2D eigenvalue weighted by atomic mass is 10.1. The molecule has 0 aliphatic rings. The Balaban J connectivity index is 1.73. The maximum absolute atomic E-state index is 13.0. The fourth-order valence-corrected chi connectivity index (χ4v) is 3.12. The molecule has 0 saturated heterocycles. The highest BCUT2D eigenvalue weighted by atomic mass is 16.6. The van der Waals surface area contributed by atoms with Crippen LogP contribution in [-0.2, 0) is 6.42 Å². The molecule has 0 bridgehead atoms. The fraction of sp³-hybridized carbons (Fsp3) is 0.318. The van der Waals surface area contributed by atoms with Gasteiger partial charge in [0.25, 0.3) is 11.6 Å². The molecule has 3 aromatic rings. The molecule has 2 aromatic carbocycles. The third-order valence-electron chi connectivity index (χ3n) is 4.57. The van der Waals surface area contributed by atoms with Gasteiger partial charge in [-0.15, -0.1) is 0 Å². The third kappa shape index (κ3) is 5.65. The van der Waals surface area contributed by atoms with E-state index < -0.39 is 4.92 Å². The van der Waals surface area contributed by atoms with Crippen LogP contribution in [0.5, 0.6) is 5.75 Å². The molecule has 0 unspecified atom stereocenters. The van der Waals surface area contributed by atoms with E-state index in [4.69, 9.17) is 9.26 Å². The van der Waals surface area contributed by atoms with E-state index in [-0.39, 0.29) is 23.1 Å². The topological polar surface area (TPSA) is 112 Å². The highest BCUT2D eigenvalue weighted by molar-refractivity contribution is 5.94. The third-order valence-corrected chi connectivity index (χ3v) is 4.57. The number of hydrogen-bond donors (Lipinski definition) is 0. The average molecular weight is 424 g/mol. The first-order chi connectivity index (χ1) is 14.9. The standard InChI is InChI=1S/C22H24N4O5/c1-15(2)14-25(22(27)17-7-4-8-18(12-17)26(28)29)11-10-20-23-21(24-31-20)16-6-5-9-19(13-16)30-3/h4-9,12-13,15H,10-11,14H2,1-3H3. The van der Waals surface area contributed by atoms with Gasteiger partial charge in [0.05, 0.1) is 12.0 Å². The number of methoxy groups -OCH3 is 1. The monoisotopic (exact) mass is 424 g/mol. The van der Waals surface area contributed by atoms with Crippen molar-refractivity contribution in [3.05, 3.63) is 70.1 Å². The van der Waals surface area contributed by atoms with E-state index in [1.54, 1.807) is 18.1 Å². The van der Waals surface area contributed by atoms with Gasteiger partial charge in [0.15, 0.2) is 0 Å². The van der Waals surface area contributed by atoms with Crippen molar-refractivity contribution in [2.24, 2.45) is 5.92 Å². The molecule has 1 heterocycles. The van der Waals surface area contributed by atoms with Crippen LogP contribution < -0.4 is 4.74 Å². The largest absolute Gasteiger partial charge is 0.497 e. The Morgan fingerprint density at radius 1 is 1.23 bits per heavy atom. The van der Waals surface area contributed by atoms with Crippen LogP contribution in [0.3, 0.4) is 0 Å². The Hall–Kier alpha value is -3.75. The molecule has 9 nitrogen and oxygen atoms in total. The summed E-state index contributed by atoms with van der Waals surface area (Å²) in [7, 11) is 1.59. The number of carbonyl (C=O) groups excluding carboxylic acids is 1. The summed E-state index contributed by atoms with van der Waals surface area (Å²) in [6.45, 7) is 4.85. The van der Waals surface area contributed by atoms with Gasteiger partial charge >= 0.3 is 0 Å². The quantitative estimate of drug-likeness (QED) is 0.377. The van der Waals surface area contributed by atoms with Crippen LogP contribution in [0.25, 0.3) is 11.4 Å². The maximum Gasteiger partial charge on any atom is 0.270 e. The maximum atomic E-state index is 13.0. The Bertz CT molecular complexity index is 1060. The first-order valence-electron chi connectivity index (χ1n) is 9.88. The molecule has 0 N–H and O–H groups in total. The summed E-state index contributed by atoms with van der Waals surface area (Å²) in [4.78, 5) is 29.6. The predicted octanol–water partition coefficient (Wildman–Crippen LogP) is 3.99. The zero-order valence-electron chi connectivity index (χ0n) is 17.6. The van der Waals surface area contributed by atoms with Gasteiger partial charge in [-0.25, -0.2) is 0 Å². The molecule has 0 aliphatic heterocycles. The Morgan fingerprint density at radius 3 is 2.71 bits per heavy atom. The first-order valence-corrected chi connectivity index (χ1v) is 9.88. The van der Waals surface area contributed by atoms with E-state index >= 15 is 0 Å². The van der Waals surface area contributed by atoms with Crippen molar-refractivity contribution in [3.63, 3.8) is 0 Å². The van der Waals surface area contributed by atoms with Crippen LogP contribution in [0.4, 0.5) is 5.69 Å². The summed E-state index contributed by atoms with van der Waals surface area (Å²) in [5.74, 6) is 1.48. The number of nitro benzene ring substituents is 1. The van der Waals surface area contributed by atoms with Crippen molar-refractivity contribution in [1.29, 1.82) is 0 Å². The van der Waals surface area contributed by atoms with Gasteiger partial charge in [0, 0.05) is 42.8 Å². The SMILES string of the molecule is COc1cccc(-c2noc(CCN(CC(C)C)C(=O)c3cccc([N+](=O)[O-])c3)n2)c1. The number of rotatable bonds is 9. The minimum atomic E-state index is -0.512. The van der Waals surface area contributed by atoms with E-state index in [1.807, 2.05) is 38.1 Å². The molecule has 0 radical (unpaired) electrons. The molecule has 3 rings (SSSR count). The molecule has 0 spiro atoms. The van der Waals surface area contributed by atoms with Gasteiger partial charge in [-0.1, -0.05) is 37.2 Å². The smallest absolute Gasteiger partial charge is 0.270 e. The molecule has 1 aromatic heterocycles. The van der Waals surface area contributed by atoms with Crippen LogP contribution in [0.15, 0.2) is 53.1 Å². The summed E-state index contributed by atoms with van der Waals surface area (Å²) in [5.41, 5.74) is 0.925. The van der Waals surface area contributed by atoms with Crippen LogP contribution in [-0.4, -0.2) is 46.1 Å². The molecule has 31 heavy (non-hydrogen) atoms. The second-order valence-electron chi connectivity index (χ2n) is 7.45. The highest BCUT2D eigenvalue weighted by Gasteiger charge is 2.20. The number of ether oxygens (including phenoxy) is 1. The molecule has 9 heteroatoms. The summed E-state index contributed by atoms with van der Waals surface area (Å²) < 4.78 is 10.6. The van der Waals surface area contributed by atoms with E-state index in [9.17, 15) is 14.9 Å². The summed E-state index contributed by atoms with van der Waals surface area (Å²) in [5, 5.41) is 15.1. The molecular weight excluding hydrogens is 400 g/mol. The number of hydrogen-bond acceptors (Lipinski definition) is 7. The van der Waals surface area contributed by atoms with Gasteiger partial charge in [0.2, 0.25) is 11.7 Å². The second-order valence-corrected chi connectivity index (χ2v) is 7.45. The lowest BCUT2D eigenvalue weighted by Gasteiger charge is -2.24. The molecule has 0 saturated carbocycles. The zero-order chi connectivity index (χ0) is 22.4. The number of benzene rings is 2. The van der Waals surface area contributed by atoms with E-state index in [0.717, 1.165) is 5.56 Å². The lowest BCUT2D eigenvalue weighted by Crippen LogP contribution is -2.36. The van der Waals surface area contributed by atoms with Gasteiger partial charge in [-0.2, -0.15) is 4.98 Å². The van der Waals surface area contributed by atoms with Gasteiger partial charge < -0.3 is 14.2 Å². The molecular formula is C22H24N4O5. The second kappa shape index (κ2) is 9.84. The van der Waals surface area contributed by atoms with Gasteiger partial charge in [-0.05, 0) is 24.1 Å². The number of nitrogens with zero attached hydrogens (tertiary/aromatic N) is 4. The number of nitro groups is 1. The normalized spacial score (nSPS) is 10.8. The molecule has 0 atom stereocenters. The number of carbonyl (C=O) groups is 1. The zero-order valence-corrected chi connectivity index (χ0v) is 17.6. The average Bonchev–Trinajstić information content (AvgIpc) is 3.25. The van der Waals surface area contributed by atoms with E-state index in [2.05, 4.69) is 10.1 Å². The van der Waals surface area contributed by atoms with Crippen molar-refractivity contribution >= 4 is 11.6 Å². The lowest BCUT2D eigenvalue weighted by molar-refractivity contribution is -0.384. The highest BCUT2D eigenvalue weighted by Crippen LogP contribution is 2.21. The Labute approximate surface area is 179 Å². The van der Waals surface area contributed by atoms with Crippen molar-refractivity contribution in [3.8, 4) is 17.1 Å². The molecule has 1 amide bonds. The van der Waals surface area contributed by atoms with Crippen LogP contribution in [0.1, 0.15) is 30.1 Å². The van der Waals surface area contributed by atoms with Crippen molar-refractivity contribution < 1.29 is 19.0 Å². The van der Waals surface area contributed by atoms with Crippen molar-refractivity contribution in [2.45, 2.75) is 20.3 Å². The summed E-state index contributed by atoms with van der Waals surface area (Å²) in [6, 6.07) is 13.1. The van der Waals surface area contributed by atoms with Crippen LogP contribution in [0, 0.1) is 16.0 Å². The fourth-order valence-electron chi connectivity index (χ4n) is 3.12.